The number of hydrogen-bond acceptors (Lipinski definition) is 5. The zero-order valence-electron chi connectivity index (χ0n) is 13.7. The average molecular weight is 408 g/mol. The summed E-state index contributed by atoms with van der Waals surface area (Å²) in [7, 11) is 0. The molecule has 0 bridgehead atoms. The Bertz CT molecular complexity index is 924. The van der Waals surface area contributed by atoms with Crippen LogP contribution in [-0.4, -0.2) is 35.1 Å². The van der Waals surface area contributed by atoms with Gasteiger partial charge in [-0.1, -0.05) is 46.7 Å². The molecule has 0 unspecified atom stereocenters. The van der Waals surface area contributed by atoms with Crippen LogP contribution in [0.1, 0.15) is 23.3 Å². The van der Waals surface area contributed by atoms with Crippen molar-refractivity contribution in [2.45, 2.75) is 18.9 Å². The largest absolute Gasteiger partial charge is 0.376 e. The van der Waals surface area contributed by atoms with E-state index in [1.807, 2.05) is 24.3 Å². The van der Waals surface area contributed by atoms with E-state index < -0.39 is 0 Å². The summed E-state index contributed by atoms with van der Waals surface area (Å²) in [6.07, 6.45) is 1.87. The molecule has 0 spiro atoms. The fourth-order valence-corrected chi connectivity index (χ4v) is 4.22. The van der Waals surface area contributed by atoms with Gasteiger partial charge < -0.3 is 4.74 Å². The first-order valence-electron chi connectivity index (χ1n) is 8.23. The minimum atomic E-state index is -0.327. The highest BCUT2D eigenvalue weighted by Crippen LogP contribution is 2.31. The molecule has 1 aromatic carbocycles. The Labute approximate surface area is 164 Å². The number of aromatic nitrogens is 2. The number of halogens is 2. The van der Waals surface area contributed by atoms with Crippen LogP contribution in [0.4, 0.5) is 5.13 Å². The molecule has 2 aromatic heterocycles. The summed E-state index contributed by atoms with van der Waals surface area (Å²) >= 11 is 13.6. The lowest BCUT2D eigenvalue weighted by Crippen LogP contribution is -2.38. The summed E-state index contributed by atoms with van der Waals surface area (Å²) in [5, 5.41) is 1.08. The second-order valence-electron chi connectivity index (χ2n) is 5.98. The van der Waals surface area contributed by atoms with Crippen molar-refractivity contribution in [3.05, 3.63) is 52.3 Å². The van der Waals surface area contributed by atoms with E-state index in [9.17, 15) is 4.79 Å². The van der Waals surface area contributed by atoms with E-state index in [2.05, 4.69) is 9.97 Å². The van der Waals surface area contributed by atoms with Crippen molar-refractivity contribution in [1.82, 2.24) is 9.97 Å². The Balaban J connectivity index is 1.74. The molecule has 0 radical (unpaired) electrons. The standard InChI is InChI=1S/C18H15Cl2N3O2S/c19-12-7-8-15(20)22-16(12)17(24)23(10-11-4-3-9-25-11)18-21-13-5-1-2-6-14(13)26-18/h1-2,5-8,11H,3-4,9-10H2/t11-/m1/s1. The molecule has 0 N–H and O–H groups in total. The smallest absolute Gasteiger partial charge is 0.280 e. The fourth-order valence-electron chi connectivity index (χ4n) is 2.91. The zero-order chi connectivity index (χ0) is 18.1. The van der Waals surface area contributed by atoms with Crippen LogP contribution in [0.25, 0.3) is 10.2 Å². The Hall–Kier alpha value is -1.73. The van der Waals surface area contributed by atoms with Crippen LogP contribution in [0.15, 0.2) is 36.4 Å². The van der Waals surface area contributed by atoms with Gasteiger partial charge in [-0.05, 0) is 37.1 Å². The van der Waals surface area contributed by atoms with E-state index >= 15 is 0 Å². The van der Waals surface area contributed by atoms with E-state index in [0.717, 1.165) is 23.1 Å². The normalized spacial score (nSPS) is 16.9. The zero-order valence-corrected chi connectivity index (χ0v) is 16.0. The highest BCUT2D eigenvalue weighted by atomic mass is 35.5. The third-order valence-electron chi connectivity index (χ3n) is 4.18. The van der Waals surface area contributed by atoms with Crippen molar-refractivity contribution in [2.75, 3.05) is 18.1 Å². The predicted octanol–water partition coefficient (Wildman–Crippen LogP) is 4.82. The van der Waals surface area contributed by atoms with Crippen LogP contribution in [0.5, 0.6) is 0 Å². The predicted molar refractivity (Wildman–Crippen MR) is 105 cm³/mol. The van der Waals surface area contributed by atoms with Gasteiger partial charge in [-0.25, -0.2) is 9.97 Å². The van der Waals surface area contributed by atoms with Crippen molar-refractivity contribution in [3.8, 4) is 0 Å². The molecule has 1 aliphatic heterocycles. The summed E-state index contributed by atoms with van der Waals surface area (Å²) in [4.78, 5) is 23.6. The number of carbonyl (C=O) groups is 1. The molecule has 1 atom stereocenters. The Morgan fingerprint density at radius 3 is 2.85 bits per heavy atom. The summed E-state index contributed by atoms with van der Waals surface area (Å²) in [6.45, 7) is 1.12. The second kappa shape index (κ2) is 7.48. The molecule has 0 aliphatic carbocycles. The van der Waals surface area contributed by atoms with Crippen molar-refractivity contribution >= 4 is 55.8 Å². The first-order valence-corrected chi connectivity index (χ1v) is 9.80. The molecule has 8 heteroatoms. The number of para-hydroxylation sites is 1. The molecule has 134 valence electrons. The lowest BCUT2D eigenvalue weighted by Gasteiger charge is -2.23. The molecule has 4 rings (SSSR count). The highest BCUT2D eigenvalue weighted by molar-refractivity contribution is 7.22. The maximum atomic E-state index is 13.2. The van der Waals surface area contributed by atoms with E-state index in [1.54, 1.807) is 17.0 Å². The van der Waals surface area contributed by atoms with Crippen molar-refractivity contribution in [3.63, 3.8) is 0 Å². The van der Waals surface area contributed by atoms with Crippen LogP contribution in [-0.2, 0) is 4.74 Å². The molecule has 3 heterocycles. The molecule has 1 amide bonds. The minimum Gasteiger partial charge on any atom is -0.376 e. The lowest BCUT2D eigenvalue weighted by molar-refractivity contribution is 0.0913. The summed E-state index contributed by atoms with van der Waals surface area (Å²) in [5.41, 5.74) is 0.971. The van der Waals surface area contributed by atoms with Gasteiger partial charge in [-0.3, -0.25) is 9.69 Å². The first kappa shape index (κ1) is 17.7. The molecule has 1 saturated heterocycles. The number of pyridine rings is 1. The van der Waals surface area contributed by atoms with Gasteiger partial charge in [-0.2, -0.15) is 0 Å². The number of ether oxygens (including phenoxy) is 1. The fraction of sp³-hybridized carbons (Fsp3) is 0.278. The van der Waals surface area contributed by atoms with Crippen LogP contribution in [0.3, 0.4) is 0 Å². The molecular weight excluding hydrogens is 393 g/mol. The van der Waals surface area contributed by atoms with Crippen molar-refractivity contribution in [2.24, 2.45) is 0 Å². The third kappa shape index (κ3) is 3.55. The molecule has 1 fully saturated rings. The molecule has 3 aromatic rings. The number of benzene rings is 1. The molecule has 26 heavy (non-hydrogen) atoms. The summed E-state index contributed by atoms with van der Waals surface area (Å²) in [5.74, 6) is -0.327. The average Bonchev–Trinajstić information content (AvgIpc) is 3.30. The lowest BCUT2D eigenvalue weighted by atomic mass is 10.2. The van der Waals surface area contributed by atoms with Crippen molar-refractivity contribution < 1.29 is 9.53 Å². The number of amides is 1. The van der Waals surface area contributed by atoms with Gasteiger partial charge in [0, 0.05) is 6.61 Å². The Morgan fingerprint density at radius 2 is 2.08 bits per heavy atom. The first-order chi connectivity index (χ1) is 12.6. The molecular formula is C18H15Cl2N3O2S. The van der Waals surface area contributed by atoms with E-state index in [1.165, 1.54) is 11.3 Å². The van der Waals surface area contributed by atoms with Gasteiger partial charge in [0.05, 0.1) is 27.9 Å². The maximum absolute atomic E-state index is 13.2. The van der Waals surface area contributed by atoms with Gasteiger partial charge in [0.15, 0.2) is 5.13 Å². The number of nitrogens with zero attached hydrogens (tertiary/aromatic N) is 3. The van der Waals surface area contributed by atoms with E-state index in [0.29, 0.717) is 18.3 Å². The summed E-state index contributed by atoms with van der Waals surface area (Å²) < 4.78 is 6.73. The van der Waals surface area contributed by atoms with Crippen LogP contribution in [0.2, 0.25) is 10.2 Å². The Morgan fingerprint density at radius 1 is 1.23 bits per heavy atom. The SMILES string of the molecule is O=C(c1nc(Cl)ccc1Cl)N(C[C@H]1CCCO1)c1nc2ccccc2s1. The number of anilines is 1. The van der Waals surface area contributed by atoms with Gasteiger partial charge in [0.1, 0.15) is 10.8 Å². The van der Waals surface area contributed by atoms with Crippen molar-refractivity contribution in [1.29, 1.82) is 0 Å². The maximum Gasteiger partial charge on any atom is 0.280 e. The molecule has 0 saturated carbocycles. The number of rotatable bonds is 4. The van der Waals surface area contributed by atoms with Gasteiger partial charge in [-0.15, -0.1) is 0 Å². The molecule has 1 aliphatic rings. The number of hydrogen-bond donors (Lipinski definition) is 0. The topological polar surface area (TPSA) is 55.3 Å². The van der Waals surface area contributed by atoms with Gasteiger partial charge in [0.2, 0.25) is 0 Å². The van der Waals surface area contributed by atoms with E-state index in [-0.39, 0.29) is 27.9 Å². The number of carbonyl (C=O) groups excluding carboxylic acids is 1. The Kier molecular flexibility index (Phi) is 5.09. The number of thiazole rings is 1. The quantitative estimate of drug-likeness (QED) is 0.581. The van der Waals surface area contributed by atoms with Crippen LogP contribution >= 0.6 is 34.5 Å². The minimum absolute atomic E-state index is 0.0241. The highest BCUT2D eigenvalue weighted by Gasteiger charge is 2.29. The van der Waals surface area contributed by atoms with Crippen LogP contribution in [0, 0.1) is 0 Å². The number of fused-ring (bicyclic) bond motifs is 1. The van der Waals surface area contributed by atoms with E-state index in [4.69, 9.17) is 27.9 Å². The third-order valence-corrected chi connectivity index (χ3v) is 5.76. The molecule has 5 nitrogen and oxygen atoms in total. The van der Waals surface area contributed by atoms with Gasteiger partial charge >= 0.3 is 0 Å². The second-order valence-corrected chi connectivity index (χ2v) is 7.78. The summed E-state index contributed by atoms with van der Waals surface area (Å²) in [6, 6.07) is 10.9. The monoisotopic (exact) mass is 407 g/mol. The van der Waals surface area contributed by atoms with Crippen LogP contribution < -0.4 is 4.90 Å². The van der Waals surface area contributed by atoms with Gasteiger partial charge in [0.25, 0.3) is 5.91 Å².